The summed E-state index contributed by atoms with van der Waals surface area (Å²) in [6.07, 6.45) is 0. The number of ether oxygens (including phenoxy) is 1. The molecule has 28 heavy (non-hydrogen) atoms. The van der Waals surface area contributed by atoms with Crippen molar-refractivity contribution < 1.29 is 14.3 Å². The maximum atomic E-state index is 12.8. The van der Waals surface area contributed by atoms with Gasteiger partial charge in [-0.3, -0.25) is 9.59 Å². The van der Waals surface area contributed by atoms with E-state index in [1.807, 2.05) is 44.7 Å². The summed E-state index contributed by atoms with van der Waals surface area (Å²) in [5, 5.41) is 3.22. The number of carbonyl (C=O) groups is 2. The number of nitrogens with zero attached hydrogens (tertiary/aromatic N) is 1. The number of benzene rings is 2. The Morgan fingerprint density at radius 3 is 2.14 bits per heavy atom. The van der Waals surface area contributed by atoms with Crippen molar-refractivity contribution >= 4 is 23.1 Å². The average Bonchev–Trinajstić information content (AvgIpc) is 2.67. The summed E-state index contributed by atoms with van der Waals surface area (Å²) >= 11 is 0. The molecule has 0 aromatic heterocycles. The summed E-state index contributed by atoms with van der Waals surface area (Å²) in [7, 11) is 1.52. The maximum Gasteiger partial charge on any atom is 0.254 e. The first kappa shape index (κ1) is 21.4. The van der Waals surface area contributed by atoms with Crippen molar-refractivity contribution in [3.63, 3.8) is 0 Å². The lowest BCUT2D eigenvalue weighted by molar-refractivity contribution is 0.0643. The van der Waals surface area contributed by atoms with Gasteiger partial charge in [-0.1, -0.05) is 6.07 Å². The van der Waals surface area contributed by atoms with Gasteiger partial charge in [-0.2, -0.15) is 0 Å². The zero-order chi connectivity index (χ0) is 20.8. The predicted molar refractivity (Wildman–Crippen MR) is 113 cm³/mol. The van der Waals surface area contributed by atoms with Crippen molar-refractivity contribution in [2.45, 2.75) is 39.8 Å². The van der Waals surface area contributed by atoms with Crippen LogP contribution in [0, 0.1) is 0 Å². The molecule has 0 bridgehead atoms. The van der Waals surface area contributed by atoms with Gasteiger partial charge in [0.25, 0.3) is 5.91 Å². The molecule has 3 N–H and O–H groups in total. The summed E-state index contributed by atoms with van der Waals surface area (Å²) in [5.41, 5.74) is 7.95. The van der Waals surface area contributed by atoms with Crippen molar-refractivity contribution in [2.75, 3.05) is 19.0 Å². The third-order valence-corrected chi connectivity index (χ3v) is 4.47. The van der Waals surface area contributed by atoms with Crippen molar-refractivity contribution in [1.29, 1.82) is 0 Å². The molecule has 2 rings (SSSR count). The Bertz CT molecular complexity index is 821. The lowest BCUT2D eigenvalue weighted by Crippen LogP contribution is -2.42. The summed E-state index contributed by atoms with van der Waals surface area (Å²) < 4.78 is 5.30. The van der Waals surface area contributed by atoms with Gasteiger partial charge in [0.2, 0.25) is 0 Å². The Morgan fingerprint density at radius 2 is 1.64 bits per heavy atom. The van der Waals surface area contributed by atoms with E-state index >= 15 is 0 Å². The second kappa shape index (κ2) is 9.37. The minimum atomic E-state index is -0.212. The Hall–Kier alpha value is -2.86. The number of hydrogen-bond acceptors (Lipinski definition) is 5. The molecule has 0 aliphatic carbocycles. The fraction of sp³-hybridized carbons (Fsp3) is 0.364. The van der Waals surface area contributed by atoms with E-state index in [4.69, 9.17) is 10.5 Å². The Kier molecular flexibility index (Phi) is 7.18. The highest BCUT2D eigenvalue weighted by Crippen LogP contribution is 2.29. The van der Waals surface area contributed by atoms with E-state index in [0.717, 1.165) is 5.69 Å². The van der Waals surface area contributed by atoms with E-state index < -0.39 is 0 Å². The number of carbonyl (C=O) groups excluding carboxylic acids is 2. The monoisotopic (exact) mass is 383 g/mol. The fourth-order valence-electron chi connectivity index (χ4n) is 3.26. The van der Waals surface area contributed by atoms with E-state index in [1.165, 1.54) is 7.11 Å². The molecule has 0 radical (unpaired) electrons. The molecule has 0 spiro atoms. The number of methoxy groups -OCH3 is 1. The van der Waals surface area contributed by atoms with Gasteiger partial charge in [-0.25, -0.2) is 0 Å². The molecule has 6 nitrogen and oxygen atoms in total. The lowest BCUT2D eigenvalue weighted by atomic mass is 10.1. The summed E-state index contributed by atoms with van der Waals surface area (Å²) in [4.78, 5) is 26.9. The van der Waals surface area contributed by atoms with Gasteiger partial charge in [0.15, 0.2) is 5.78 Å². The quantitative estimate of drug-likeness (QED) is 0.677. The molecule has 2 aromatic carbocycles. The SMILES string of the molecule is COc1cccc(Nc2ccc(C(=O)N(C(C)C)C(C)C)cc2)c1C(=O)CN. The topological polar surface area (TPSA) is 84.7 Å². The van der Waals surface area contributed by atoms with Gasteiger partial charge in [0.1, 0.15) is 5.75 Å². The summed E-state index contributed by atoms with van der Waals surface area (Å²) in [6, 6.07) is 12.8. The Labute approximate surface area is 166 Å². The Morgan fingerprint density at radius 1 is 1.04 bits per heavy atom. The van der Waals surface area contributed by atoms with Crippen LogP contribution >= 0.6 is 0 Å². The first-order valence-electron chi connectivity index (χ1n) is 9.40. The lowest BCUT2D eigenvalue weighted by Gasteiger charge is -2.30. The van der Waals surface area contributed by atoms with Crippen LogP contribution < -0.4 is 15.8 Å². The van der Waals surface area contributed by atoms with Gasteiger partial charge in [-0.05, 0) is 64.1 Å². The minimum absolute atomic E-state index is 0.00284. The second-order valence-corrected chi connectivity index (χ2v) is 7.11. The molecule has 150 valence electrons. The molecule has 0 saturated heterocycles. The molecule has 0 heterocycles. The standard InChI is InChI=1S/C22H29N3O3/c1-14(2)25(15(3)4)22(27)16-9-11-17(12-10-16)24-18-7-6-8-20(28-5)21(18)19(26)13-23/h6-12,14-15,24H,13,23H2,1-5H3. The van der Waals surface area contributed by atoms with Crippen LogP contribution in [0.2, 0.25) is 0 Å². The normalized spacial score (nSPS) is 10.9. The van der Waals surface area contributed by atoms with Crippen molar-refractivity contribution in [1.82, 2.24) is 4.90 Å². The highest BCUT2D eigenvalue weighted by atomic mass is 16.5. The number of nitrogens with one attached hydrogen (secondary N) is 1. The van der Waals surface area contributed by atoms with E-state index in [0.29, 0.717) is 22.6 Å². The second-order valence-electron chi connectivity index (χ2n) is 7.11. The van der Waals surface area contributed by atoms with Crippen LogP contribution in [-0.2, 0) is 0 Å². The van der Waals surface area contributed by atoms with E-state index in [9.17, 15) is 9.59 Å². The van der Waals surface area contributed by atoms with Gasteiger partial charge >= 0.3 is 0 Å². The molecule has 1 amide bonds. The van der Waals surface area contributed by atoms with Gasteiger partial charge in [-0.15, -0.1) is 0 Å². The number of nitrogens with two attached hydrogens (primary N) is 1. The summed E-state index contributed by atoms with van der Waals surface area (Å²) in [5.74, 6) is 0.255. The van der Waals surface area contributed by atoms with Crippen molar-refractivity contribution in [3.8, 4) is 5.75 Å². The van der Waals surface area contributed by atoms with Crippen LogP contribution in [0.4, 0.5) is 11.4 Å². The first-order valence-corrected chi connectivity index (χ1v) is 9.40. The van der Waals surface area contributed by atoms with Gasteiger partial charge in [0.05, 0.1) is 24.9 Å². The van der Waals surface area contributed by atoms with Crippen LogP contribution in [0.25, 0.3) is 0 Å². The number of ketones is 1. The number of rotatable bonds is 8. The van der Waals surface area contributed by atoms with Crippen LogP contribution in [0.5, 0.6) is 5.75 Å². The van der Waals surface area contributed by atoms with E-state index in [1.54, 1.807) is 30.3 Å². The van der Waals surface area contributed by atoms with Crippen LogP contribution in [0.3, 0.4) is 0 Å². The molecule has 6 heteroatoms. The van der Waals surface area contributed by atoms with Crippen molar-refractivity contribution in [2.24, 2.45) is 5.73 Å². The smallest absolute Gasteiger partial charge is 0.254 e. The van der Waals surface area contributed by atoms with E-state index in [-0.39, 0.29) is 30.3 Å². The molecule has 0 aliphatic rings. The number of hydrogen-bond donors (Lipinski definition) is 2. The number of anilines is 2. The summed E-state index contributed by atoms with van der Waals surface area (Å²) in [6.45, 7) is 7.92. The number of amides is 1. The van der Waals surface area contributed by atoms with Crippen LogP contribution in [0.1, 0.15) is 48.4 Å². The number of Topliss-reactive ketones (excluding diaryl/α,β-unsaturated/α-hetero) is 1. The zero-order valence-electron chi connectivity index (χ0n) is 17.2. The third-order valence-electron chi connectivity index (χ3n) is 4.47. The average molecular weight is 383 g/mol. The molecule has 0 atom stereocenters. The minimum Gasteiger partial charge on any atom is -0.496 e. The Balaban J connectivity index is 2.29. The molecular weight excluding hydrogens is 354 g/mol. The fourth-order valence-corrected chi connectivity index (χ4v) is 3.26. The molecule has 2 aromatic rings. The molecular formula is C22H29N3O3. The molecule has 0 fully saturated rings. The highest BCUT2D eigenvalue weighted by Gasteiger charge is 2.21. The predicted octanol–water partition coefficient (Wildman–Crippen LogP) is 3.84. The van der Waals surface area contributed by atoms with Gasteiger partial charge in [0, 0.05) is 23.3 Å². The van der Waals surface area contributed by atoms with Crippen molar-refractivity contribution in [3.05, 3.63) is 53.6 Å². The van der Waals surface area contributed by atoms with Gasteiger partial charge < -0.3 is 20.7 Å². The first-order chi connectivity index (χ1) is 13.3. The van der Waals surface area contributed by atoms with Crippen LogP contribution in [-0.4, -0.2) is 42.3 Å². The van der Waals surface area contributed by atoms with Crippen LogP contribution in [0.15, 0.2) is 42.5 Å². The molecule has 0 unspecified atom stereocenters. The molecule has 0 aliphatic heterocycles. The highest BCUT2D eigenvalue weighted by molar-refractivity contribution is 6.05. The zero-order valence-corrected chi connectivity index (χ0v) is 17.2. The molecule has 0 saturated carbocycles. The largest absolute Gasteiger partial charge is 0.496 e. The van der Waals surface area contributed by atoms with E-state index in [2.05, 4.69) is 5.32 Å². The third kappa shape index (κ3) is 4.70. The maximum absolute atomic E-state index is 12.8.